The van der Waals surface area contributed by atoms with E-state index in [2.05, 4.69) is 34.3 Å². The van der Waals surface area contributed by atoms with Crippen LogP contribution in [0.2, 0.25) is 10.0 Å². The Labute approximate surface area is 135 Å². The average molecular weight is 380 g/mol. The number of rotatable bonds is 4. The Bertz CT molecular complexity index is 567. The molecule has 0 saturated heterocycles. The van der Waals surface area contributed by atoms with Crippen molar-refractivity contribution >= 4 is 50.5 Å². The number of benzene rings is 1. The molecule has 102 valence electrons. The highest BCUT2D eigenvalue weighted by Gasteiger charge is 2.15. The number of hydrogen-bond acceptors (Lipinski definition) is 3. The van der Waals surface area contributed by atoms with Crippen LogP contribution in [0.15, 0.2) is 28.1 Å². The Morgan fingerprint density at radius 3 is 2.58 bits per heavy atom. The number of nitrogens with two attached hydrogens (primary N) is 1. The lowest BCUT2D eigenvalue weighted by molar-refractivity contribution is 0.560. The lowest BCUT2D eigenvalue weighted by Gasteiger charge is -2.14. The summed E-state index contributed by atoms with van der Waals surface area (Å²) in [7, 11) is 0. The highest BCUT2D eigenvalue weighted by Crippen LogP contribution is 2.33. The molecule has 0 radical (unpaired) electrons. The quantitative estimate of drug-likeness (QED) is 0.587. The second kappa shape index (κ2) is 6.57. The monoisotopic (exact) mass is 378 g/mol. The average Bonchev–Trinajstić information content (AvgIpc) is 2.71. The highest BCUT2D eigenvalue weighted by atomic mass is 79.9. The van der Waals surface area contributed by atoms with Crippen molar-refractivity contribution in [2.45, 2.75) is 19.4 Å². The predicted molar refractivity (Wildman–Crippen MR) is 87.0 cm³/mol. The summed E-state index contributed by atoms with van der Waals surface area (Å²) in [4.78, 5) is 1.19. The zero-order valence-corrected chi connectivity index (χ0v) is 14.1. The van der Waals surface area contributed by atoms with E-state index in [-0.39, 0.29) is 6.04 Å². The predicted octanol–water partition coefficient (Wildman–Crippen LogP) is 4.87. The van der Waals surface area contributed by atoms with Crippen LogP contribution in [-0.4, -0.2) is 0 Å². The van der Waals surface area contributed by atoms with Crippen LogP contribution in [0.4, 0.5) is 0 Å². The highest BCUT2D eigenvalue weighted by molar-refractivity contribution is 9.11. The molecule has 2 aromatic rings. The van der Waals surface area contributed by atoms with Crippen molar-refractivity contribution in [3.63, 3.8) is 0 Å². The molecule has 0 aliphatic carbocycles. The molecule has 6 heteroatoms. The van der Waals surface area contributed by atoms with Crippen LogP contribution in [-0.2, 0) is 6.42 Å². The summed E-state index contributed by atoms with van der Waals surface area (Å²) < 4.78 is 1.14. The van der Waals surface area contributed by atoms with Gasteiger partial charge in [0.1, 0.15) is 0 Å². The van der Waals surface area contributed by atoms with Gasteiger partial charge < -0.3 is 0 Å². The van der Waals surface area contributed by atoms with Gasteiger partial charge in [-0.2, -0.15) is 0 Å². The molecule has 0 amide bonds. The van der Waals surface area contributed by atoms with E-state index in [0.29, 0.717) is 10.0 Å². The van der Waals surface area contributed by atoms with Crippen LogP contribution in [0, 0.1) is 6.92 Å². The fourth-order valence-corrected chi connectivity index (χ4v) is 3.75. The number of hydrogen-bond donors (Lipinski definition) is 2. The van der Waals surface area contributed by atoms with E-state index in [9.17, 15) is 0 Å². The Kier molecular flexibility index (Phi) is 5.29. The van der Waals surface area contributed by atoms with Gasteiger partial charge in [0.25, 0.3) is 0 Å². The van der Waals surface area contributed by atoms with Crippen LogP contribution in [0.1, 0.15) is 22.0 Å². The molecule has 3 N–H and O–H groups in total. The van der Waals surface area contributed by atoms with Gasteiger partial charge in [0.05, 0.1) is 19.9 Å². The maximum absolute atomic E-state index is 6.03. The summed E-state index contributed by atoms with van der Waals surface area (Å²) in [6.45, 7) is 2.07. The van der Waals surface area contributed by atoms with E-state index in [4.69, 9.17) is 29.0 Å². The van der Waals surface area contributed by atoms with E-state index < -0.39 is 0 Å². The Hall–Kier alpha value is -0.100. The van der Waals surface area contributed by atoms with Gasteiger partial charge in [0, 0.05) is 4.88 Å². The zero-order chi connectivity index (χ0) is 14.0. The fraction of sp³-hybridized carbons (Fsp3) is 0.231. The first-order chi connectivity index (χ1) is 9.01. The third kappa shape index (κ3) is 3.72. The third-order valence-corrected chi connectivity index (χ3v) is 5.83. The van der Waals surface area contributed by atoms with E-state index >= 15 is 0 Å². The van der Waals surface area contributed by atoms with Gasteiger partial charge in [-0.25, -0.2) is 0 Å². The zero-order valence-electron chi connectivity index (χ0n) is 10.2. The van der Waals surface area contributed by atoms with E-state index in [1.165, 1.54) is 10.4 Å². The maximum atomic E-state index is 6.03. The Morgan fingerprint density at radius 2 is 2.05 bits per heavy atom. The Balaban J connectivity index is 2.21. The standard InChI is InChI=1S/C13H13BrCl2N2S/c1-7-4-12(19-13(7)14)11(18-17)6-8-2-3-9(15)10(16)5-8/h2-5,11,18H,6,17H2,1H3. The van der Waals surface area contributed by atoms with Gasteiger partial charge in [-0.1, -0.05) is 29.3 Å². The smallest absolute Gasteiger partial charge is 0.0731 e. The van der Waals surface area contributed by atoms with E-state index in [1.807, 2.05) is 18.2 Å². The fourth-order valence-electron chi connectivity index (χ4n) is 1.80. The number of aryl methyl sites for hydroxylation is 1. The third-order valence-electron chi connectivity index (χ3n) is 2.84. The van der Waals surface area contributed by atoms with Crippen molar-refractivity contribution in [1.29, 1.82) is 0 Å². The second-order valence-electron chi connectivity index (χ2n) is 4.28. The first-order valence-electron chi connectivity index (χ1n) is 5.67. The summed E-state index contributed by atoms with van der Waals surface area (Å²) in [5, 5.41) is 1.14. The first-order valence-corrected chi connectivity index (χ1v) is 8.03. The topological polar surface area (TPSA) is 38.0 Å². The van der Waals surface area contributed by atoms with E-state index in [1.54, 1.807) is 11.3 Å². The minimum atomic E-state index is 0.0623. The molecule has 0 aliphatic rings. The summed E-state index contributed by atoms with van der Waals surface area (Å²) in [5.74, 6) is 5.66. The first kappa shape index (κ1) is 15.3. The molecule has 2 rings (SSSR count). The lowest BCUT2D eigenvalue weighted by atomic mass is 10.0. The number of thiophene rings is 1. The van der Waals surface area contributed by atoms with Crippen molar-refractivity contribution in [2.24, 2.45) is 5.84 Å². The van der Waals surface area contributed by atoms with Crippen molar-refractivity contribution in [3.05, 3.63) is 54.1 Å². The second-order valence-corrected chi connectivity index (χ2v) is 7.49. The van der Waals surface area contributed by atoms with Crippen molar-refractivity contribution in [2.75, 3.05) is 0 Å². The van der Waals surface area contributed by atoms with Crippen LogP contribution in [0.3, 0.4) is 0 Å². The molecule has 1 heterocycles. The molecule has 2 nitrogen and oxygen atoms in total. The van der Waals surface area contributed by atoms with Gasteiger partial charge in [0.2, 0.25) is 0 Å². The SMILES string of the molecule is Cc1cc(C(Cc2ccc(Cl)c(Cl)c2)NN)sc1Br. The summed E-state index contributed by atoms with van der Waals surface area (Å²) >= 11 is 17.2. The summed E-state index contributed by atoms with van der Waals surface area (Å²) in [5.41, 5.74) is 5.17. The molecular formula is C13H13BrCl2N2S. The number of nitrogens with one attached hydrogen (secondary N) is 1. The molecule has 0 spiro atoms. The molecule has 0 saturated carbocycles. The van der Waals surface area contributed by atoms with Gasteiger partial charge in [-0.05, 0) is 58.6 Å². The van der Waals surface area contributed by atoms with Crippen LogP contribution in [0.5, 0.6) is 0 Å². The minimum absolute atomic E-state index is 0.0623. The van der Waals surface area contributed by atoms with Crippen molar-refractivity contribution in [1.82, 2.24) is 5.43 Å². The summed E-state index contributed by atoms with van der Waals surface area (Å²) in [6, 6.07) is 7.85. The van der Waals surface area contributed by atoms with Crippen molar-refractivity contribution < 1.29 is 0 Å². The lowest BCUT2D eigenvalue weighted by Crippen LogP contribution is -2.28. The normalized spacial score (nSPS) is 12.7. The summed E-state index contributed by atoms with van der Waals surface area (Å²) in [6.07, 6.45) is 0.764. The Morgan fingerprint density at radius 1 is 1.32 bits per heavy atom. The molecule has 1 aromatic heterocycles. The molecule has 0 fully saturated rings. The van der Waals surface area contributed by atoms with Crippen LogP contribution >= 0.6 is 50.5 Å². The van der Waals surface area contributed by atoms with Crippen LogP contribution < -0.4 is 11.3 Å². The van der Waals surface area contributed by atoms with Gasteiger partial charge in [-0.15, -0.1) is 11.3 Å². The van der Waals surface area contributed by atoms with Gasteiger partial charge >= 0.3 is 0 Å². The molecular weight excluding hydrogens is 367 g/mol. The van der Waals surface area contributed by atoms with Gasteiger partial charge in [0.15, 0.2) is 0 Å². The van der Waals surface area contributed by atoms with Crippen molar-refractivity contribution in [3.8, 4) is 0 Å². The van der Waals surface area contributed by atoms with Crippen LogP contribution in [0.25, 0.3) is 0 Å². The maximum Gasteiger partial charge on any atom is 0.0731 e. The molecule has 0 aliphatic heterocycles. The molecule has 1 unspecified atom stereocenters. The largest absolute Gasteiger partial charge is 0.271 e. The number of halogens is 3. The van der Waals surface area contributed by atoms with Gasteiger partial charge in [-0.3, -0.25) is 11.3 Å². The van der Waals surface area contributed by atoms with E-state index in [0.717, 1.165) is 15.8 Å². The molecule has 1 aromatic carbocycles. The minimum Gasteiger partial charge on any atom is -0.271 e. The number of hydrazine groups is 1. The molecule has 0 bridgehead atoms. The molecule has 1 atom stereocenters. The molecule has 19 heavy (non-hydrogen) atoms.